The molecule has 8 heteroatoms. The normalized spacial score (nSPS) is 11.1. The average molecular weight is 680 g/mol. The minimum absolute atomic E-state index is 0.294. The van der Waals surface area contributed by atoms with Crippen molar-refractivity contribution < 1.29 is 19.1 Å². The summed E-state index contributed by atoms with van der Waals surface area (Å²) in [6.07, 6.45) is 0. The minimum Gasteiger partial charge on any atom is -0.423 e. The van der Waals surface area contributed by atoms with Crippen LogP contribution in [0.5, 0.6) is 11.5 Å². The van der Waals surface area contributed by atoms with Gasteiger partial charge in [-0.15, -0.1) is 0 Å². The Labute approximate surface area is 215 Å². The van der Waals surface area contributed by atoms with E-state index in [0.717, 1.165) is 20.1 Å². The summed E-state index contributed by atoms with van der Waals surface area (Å²) in [7, 11) is 0. The number of ether oxygens (including phenoxy) is 2. The molecule has 0 fully saturated rings. The van der Waals surface area contributed by atoms with Crippen molar-refractivity contribution in [2.75, 3.05) is 0 Å². The van der Waals surface area contributed by atoms with E-state index in [1.165, 1.54) is 0 Å². The summed E-state index contributed by atoms with van der Waals surface area (Å²) in [6.45, 7) is 14.5. The fourth-order valence-corrected chi connectivity index (χ4v) is 5.94. The molecule has 2 rings (SSSR count). The van der Waals surface area contributed by atoms with Crippen LogP contribution in [0.15, 0.2) is 66.5 Å². The molecule has 0 bridgehead atoms. The molecule has 2 aromatic rings. The highest BCUT2D eigenvalue weighted by molar-refractivity contribution is 9.14. The van der Waals surface area contributed by atoms with Crippen LogP contribution in [0.4, 0.5) is 0 Å². The van der Waals surface area contributed by atoms with E-state index in [9.17, 15) is 9.59 Å². The monoisotopic (exact) mass is 676 g/mol. The molecule has 4 nitrogen and oxygen atoms in total. The predicted molar refractivity (Wildman–Crippen MR) is 137 cm³/mol. The molecule has 0 aromatic heterocycles. The van der Waals surface area contributed by atoms with Gasteiger partial charge in [0.05, 0.1) is 8.95 Å². The van der Waals surface area contributed by atoms with E-state index in [4.69, 9.17) is 9.47 Å². The number of hydrogen-bond donors (Lipinski definition) is 0. The van der Waals surface area contributed by atoms with Gasteiger partial charge < -0.3 is 9.47 Å². The van der Waals surface area contributed by atoms with Gasteiger partial charge in [-0.1, -0.05) is 39.1 Å². The quantitative estimate of drug-likeness (QED) is 0.134. The third-order valence-electron chi connectivity index (χ3n) is 4.53. The van der Waals surface area contributed by atoms with Gasteiger partial charge in [0, 0.05) is 25.5 Å². The molecule has 164 valence electrons. The van der Waals surface area contributed by atoms with E-state index in [1.807, 2.05) is 12.1 Å². The number of carbonyl (C=O) groups is 2. The fourth-order valence-electron chi connectivity index (χ4n) is 2.71. The molecule has 0 heterocycles. The zero-order valence-corrected chi connectivity index (χ0v) is 23.7. The summed E-state index contributed by atoms with van der Waals surface area (Å²) < 4.78 is 13.4. The van der Waals surface area contributed by atoms with Crippen molar-refractivity contribution in [1.29, 1.82) is 0 Å². The number of benzene rings is 2. The third-order valence-corrected chi connectivity index (χ3v) is 8.69. The highest BCUT2D eigenvalue weighted by Gasteiger charge is 2.33. The summed E-state index contributed by atoms with van der Waals surface area (Å²) in [5, 5.41) is 0. The number of halogens is 4. The fraction of sp³-hybridized carbons (Fsp3) is 0.217. The van der Waals surface area contributed by atoms with Crippen molar-refractivity contribution in [2.24, 2.45) is 0 Å². The van der Waals surface area contributed by atoms with E-state index >= 15 is 0 Å². The summed E-state index contributed by atoms with van der Waals surface area (Å²) in [6, 6.07) is 7.28. The topological polar surface area (TPSA) is 52.6 Å². The Bertz CT molecular complexity index is 1060. The van der Waals surface area contributed by atoms with Gasteiger partial charge in [-0.25, -0.2) is 9.59 Å². The number of carbonyl (C=O) groups excluding carboxylic acids is 2. The van der Waals surface area contributed by atoms with Gasteiger partial charge in [0.1, 0.15) is 5.75 Å². The zero-order chi connectivity index (χ0) is 23.7. The maximum absolute atomic E-state index is 12.1. The molecule has 0 unspecified atom stereocenters. The van der Waals surface area contributed by atoms with Gasteiger partial charge in [-0.2, -0.15) is 0 Å². The summed E-state index contributed by atoms with van der Waals surface area (Å²) >= 11 is 14.4. The van der Waals surface area contributed by atoms with Crippen LogP contribution in [0.25, 0.3) is 0 Å². The van der Waals surface area contributed by atoms with Gasteiger partial charge in [0.2, 0.25) is 0 Å². The molecule has 0 radical (unpaired) electrons. The smallest absolute Gasteiger partial charge is 0.338 e. The van der Waals surface area contributed by atoms with Crippen LogP contribution in [0.2, 0.25) is 0 Å². The standard InChI is InChI=1S/C23H20Br4O4/c1-11(2)21(28)30-14-9-7-13(8-10-14)23(5,6)15-16(24)18(26)20(19(27)17(15)25)31-22(29)12(3)4/h7-10H,1,3H2,2,4-6H3. The molecule has 0 N–H and O–H groups in total. The highest BCUT2D eigenvalue weighted by atomic mass is 79.9. The largest absolute Gasteiger partial charge is 0.423 e. The predicted octanol–water partition coefficient (Wildman–Crippen LogP) is 8.03. The molecule has 0 aliphatic rings. The number of esters is 2. The summed E-state index contributed by atoms with van der Waals surface area (Å²) in [5.74, 6) is -0.208. The lowest BCUT2D eigenvalue weighted by atomic mass is 9.78. The lowest BCUT2D eigenvalue weighted by Gasteiger charge is -2.30. The van der Waals surface area contributed by atoms with Crippen molar-refractivity contribution in [3.05, 3.63) is 77.6 Å². The van der Waals surface area contributed by atoms with Crippen molar-refractivity contribution in [3.63, 3.8) is 0 Å². The molecule has 0 saturated heterocycles. The lowest BCUT2D eigenvalue weighted by Crippen LogP contribution is -2.21. The van der Waals surface area contributed by atoms with Gasteiger partial charge >= 0.3 is 11.9 Å². The first-order valence-corrected chi connectivity index (χ1v) is 12.2. The van der Waals surface area contributed by atoms with Crippen LogP contribution in [0.1, 0.15) is 38.8 Å². The minimum atomic E-state index is -0.521. The first-order valence-electron chi connectivity index (χ1n) is 9.01. The zero-order valence-electron chi connectivity index (χ0n) is 17.4. The first kappa shape index (κ1) is 26.0. The molecule has 0 atom stereocenters. The van der Waals surface area contributed by atoms with Gasteiger partial charge in [-0.05, 0) is 101 Å². The maximum atomic E-state index is 12.1. The number of hydrogen-bond acceptors (Lipinski definition) is 4. The Morgan fingerprint density at radius 3 is 1.61 bits per heavy atom. The van der Waals surface area contributed by atoms with Crippen molar-refractivity contribution in [3.8, 4) is 11.5 Å². The van der Waals surface area contributed by atoms with Crippen LogP contribution < -0.4 is 9.47 Å². The molecule has 0 saturated carbocycles. The van der Waals surface area contributed by atoms with Crippen LogP contribution >= 0.6 is 63.7 Å². The molecule has 0 amide bonds. The van der Waals surface area contributed by atoms with E-state index < -0.39 is 17.4 Å². The molecule has 0 aliphatic heterocycles. The van der Waals surface area contributed by atoms with Crippen LogP contribution in [-0.2, 0) is 15.0 Å². The molecular weight excluding hydrogens is 660 g/mol. The second-order valence-corrected chi connectivity index (χ2v) is 10.6. The van der Waals surface area contributed by atoms with Gasteiger partial charge in [0.25, 0.3) is 0 Å². The molecule has 2 aromatic carbocycles. The Hall–Kier alpha value is -1.22. The Balaban J connectivity index is 2.51. The number of rotatable bonds is 6. The van der Waals surface area contributed by atoms with E-state index in [1.54, 1.807) is 26.0 Å². The molecular formula is C23H20Br4O4. The highest BCUT2D eigenvalue weighted by Crippen LogP contribution is 2.51. The average Bonchev–Trinajstić information content (AvgIpc) is 2.69. The third kappa shape index (κ3) is 5.59. The van der Waals surface area contributed by atoms with Crippen molar-refractivity contribution in [1.82, 2.24) is 0 Å². The van der Waals surface area contributed by atoms with E-state index in [0.29, 0.717) is 31.6 Å². The van der Waals surface area contributed by atoms with E-state index in [-0.39, 0.29) is 0 Å². The Kier molecular flexibility index (Phi) is 8.52. The van der Waals surface area contributed by atoms with E-state index in [2.05, 4.69) is 90.7 Å². The Morgan fingerprint density at radius 2 is 1.19 bits per heavy atom. The maximum Gasteiger partial charge on any atom is 0.338 e. The van der Waals surface area contributed by atoms with Crippen LogP contribution in [-0.4, -0.2) is 11.9 Å². The summed E-state index contributed by atoms with van der Waals surface area (Å²) in [4.78, 5) is 23.8. The van der Waals surface area contributed by atoms with Crippen molar-refractivity contribution >= 4 is 75.7 Å². The van der Waals surface area contributed by atoms with Gasteiger partial charge in [0.15, 0.2) is 5.75 Å². The van der Waals surface area contributed by atoms with Crippen molar-refractivity contribution in [2.45, 2.75) is 33.1 Å². The van der Waals surface area contributed by atoms with Gasteiger partial charge in [-0.3, -0.25) is 0 Å². The first-order chi connectivity index (χ1) is 14.3. The Morgan fingerprint density at radius 1 is 0.774 bits per heavy atom. The second kappa shape index (κ2) is 10.1. The molecule has 0 aliphatic carbocycles. The lowest BCUT2D eigenvalue weighted by molar-refractivity contribution is -0.131. The summed E-state index contributed by atoms with van der Waals surface area (Å²) in [5.41, 5.74) is 2.06. The second-order valence-electron chi connectivity index (χ2n) is 7.45. The van der Waals surface area contributed by atoms with Crippen LogP contribution in [0, 0.1) is 0 Å². The SMILES string of the molecule is C=C(C)C(=O)Oc1ccc(C(C)(C)c2c(Br)c(Br)c(OC(=O)C(=C)C)c(Br)c2Br)cc1. The van der Waals surface area contributed by atoms with Crippen LogP contribution in [0.3, 0.4) is 0 Å². The molecule has 31 heavy (non-hydrogen) atoms. The molecule has 0 spiro atoms.